The summed E-state index contributed by atoms with van der Waals surface area (Å²) in [5.74, 6) is 0.341. The second-order valence-electron chi connectivity index (χ2n) is 7.54. The largest absolute Gasteiger partial charge is 0.494 e. The van der Waals surface area contributed by atoms with E-state index in [2.05, 4.69) is 6.92 Å². The summed E-state index contributed by atoms with van der Waals surface area (Å²) < 4.78 is 11.1. The number of hydrogen-bond acceptors (Lipinski definition) is 6. The van der Waals surface area contributed by atoms with Crippen LogP contribution in [0.4, 0.5) is 5.69 Å². The van der Waals surface area contributed by atoms with Gasteiger partial charge in [-0.25, -0.2) is 4.79 Å². The van der Waals surface area contributed by atoms with Gasteiger partial charge < -0.3 is 9.47 Å². The average molecular weight is 459 g/mol. The highest BCUT2D eigenvalue weighted by Gasteiger charge is 2.10. The number of allylic oxidation sites excluding steroid dienone is 1. The average Bonchev–Trinajstić information content (AvgIpc) is 2.86. The van der Waals surface area contributed by atoms with Gasteiger partial charge in [0.2, 0.25) is 0 Å². The molecule has 0 fully saturated rings. The van der Waals surface area contributed by atoms with Gasteiger partial charge in [0.25, 0.3) is 5.69 Å². The highest BCUT2D eigenvalue weighted by Crippen LogP contribution is 2.18. The van der Waals surface area contributed by atoms with Gasteiger partial charge in [0.05, 0.1) is 17.1 Å². The van der Waals surface area contributed by atoms with Crippen LogP contribution in [0, 0.1) is 10.1 Å². The third kappa shape index (κ3) is 7.13. The van der Waals surface area contributed by atoms with E-state index in [1.54, 1.807) is 54.6 Å². The van der Waals surface area contributed by atoms with E-state index in [1.165, 1.54) is 30.3 Å². The molecular formula is C27H25NO6. The Hall–Kier alpha value is -4.26. The number of benzene rings is 3. The standard InChI is InChI=1S/C27H25NO6/c1-2-3-4-19-33-24-16-10-22(11-17-24)27(30)34-25-14-5-20(6-15-25)7-18-26(29)21-8-12-23(13-9-21)28(31)32/h5-18H,2-4,19H2,1H3/b18-7+. The maximum Gasteiger partial charge on any atom is 0.343 e. The van der Waals surface area contributed by atoms with Crippen molar-refractivity contribution < 1.29 is 24.0 Å². The molecule has 0 bridgehead atoms. The Morgan fingerprint density at radius 1 is 0.853 bits per heavy atom. The zero-order valence-electron chi connectivity index (χ0n) is 18.8. The third-order valence-electron chi connectivity index (χ3n) is 4.99. The number of non-ortho nitro benzene ring substituents is 1. The molecule has 7 heteroatoms. The number of unbranched alkanes of at least 4 members (excludes halogenated alkanes) is 2. The summed E-state index contributed by atoms with van der Waals surface area (Å²) in [6, 6.07) is 18.9. The van der Waals surface area contributed by atoms with Gasteiger partial charge in [0.15, 0.2) is 5.78 Å². The highest BCUT2D eigenvalue weighted by atomic mass is 16.6. The molecule has 0 amide bonds. The van der Waals surface area contributed by atoms with Gasteiger partial charge in [-0.15, -0.1) is 0 Å². The van der Waals surface area contributed by atoms with E-state index < -0.39 is 10.9 Å². The molecule has 3 aromatic carbocycles. The van der Waals surface area contributed by atoms with Crippen LogP contribution in [0.25, 0.3) is 6.08 Å². The van der Waals surface area contributed by atoms with Gasteiger partial charge >= 0.3 is 5.97 Å². The fraction of sp³-hybridized carbons (Fsp3) is 0.185. The summed E-state index contributed by atoms with van der Waals surface area (Å²) in [5, 5.41) is 10.7. The lowest BCUT2D eigenvalue weighted by atomic mass is 10.1. The van der Waals surface area contributed by atoms with Crippen molar-refractivity contribution in [3.63, 3.8) is 0 Å². The zero-order valence-corrected chi connectivity index (χ0v) is 18.8. The van der Waals surface area contributed by atoms with Crippen LogP contribution in [-0.4, -0.2) is 23.3 Å². The Morgan fingerprint density at radius 2 is 1.47 bits per heavy atom. The van der Waals surface area contributed by atoms with Gasteiger partial charge in [-0.3, -0.25) is 14.9 Å². The summed E-state index contributed by atoms with van der Waals surface area (Å²) in [6.45, 7) is 2.79. The lowest BCUT2D eigenvalue weighted by Crippen LogP contribution is -2.08. The Kier molecular flexibility index (Phi) is 8.68. The van der Waals surface area contributed by atoms with Crippen molar-refractivity contribution in [2.24, 2.45) is 0 Å². The fourth-order valence-corrected chi connectivity index (χ4v) is 3.06. The van der Waals surface area contributed by atoms with E-state index in [-0.39, 0.29) is 11.5 Å². The van der Waals surface area contributed by atoms with Gasteiger partial charge in [-0.1, -0.05) is 38.0 Å². The van der Waals surface area contributed by atoms with E-state index in [1.807, 2.05) is 0 Å². The van der Waals surface area contributed by atoms with Crippen molar-refractivity contribution >= 4 is 23.5 Å². The quantitative estimate of drug-likeness (QED) is 0.0637. The first-order valence-electron chi connectivity index (χ1n) is 11.0. The number of carbonyl (C=O) groups is 2. The van der Waals surface area contributed by atoms with Crippen molar-refractivity contribution in [3.8, 4) is 11.5 Å². The molecule has 0 aliphatic heterocycles. The van der Waals surface area contributed by atoms with Gasteiger partial charge in [0.1, 0.15) is 11.5 Å². The van der Waals surface area contributed by atoms with Crippen LogP contribution in [0.1, 0.15) is 52.5 Å². The van der Waals surface area contributed by atoms with Gasteiger partial charge in [-0.05, 0) is 66.6 Å². The zero-order chi connectivity index (χ0) is 24.3. The number of rotatable bonds is 11. The third-order valence-corrected chi connectivity index (χ3v) is 4.99. The molecule has 0 spiro atoms. The summed E-state index contributed by atoms with van der Waals surface area (Å²) >= 11 is 0. The summed E-state index contributed by atoms with van der Waals surface area (Å²) in [5.41, 5.74) is 1.43. The number of ether oxygens (including phenoxy) is 2. The van der Waals surface area contributed by atoms with Crippen molar-refractivity contribution in [3.05, 3.63) is 106 Å². The highest BCUT2D eigenvalue weighted by molar-refractivity contribution is 6.06. The lowest BCUT2D eigenvalue weighted by Gasteiger charge is -2.07. The summed E-state index contributed by atoms with van der Waals surface area (Å²) in [6.07, 6.45) is 6.25. The minimum Gasteiger partial charge on any atom is -0.494 e. The molecule has 0 atom stereocenters. The van der Waals surface area contributed by atoms with Crippen LogP contribution < -0.4 is 9.47 Å². The van der Waals surface area contributed by atoms with Crippen LogP contribution in [0.3, 0.4) is 0 Å². The molecule has 174 valence electrons. The number of ketones is 1. The van der Waals surface area contributed by atoms with Crippen molar-refractivity contribution in [1.29, 1.82) is 0 Å². The van der Waals surface area contributed by atoms with Gasteiger partial charge in [-0.2, -0.15) is 0 Å². The lowest BCUT2D eigenvalue weighted by molar-refractivity contribution is -0.384. The number of esters is 1. The molecular weight excluding hydrogens is 434 g/mol. The molecule has 0 radical (unpaired) electrons. The summed E-state index contributed by atoms with van der Waals surface area (Å²) in [7, 11) is 0. The molecule has 0 unspecified atom stereocenters. The predicted molar refractivity (Wildman–Crippen MR) is 129 cm³/mol. The molecule has 0 aromatic heterocycles. The minimum atomic E-state index is -0.516. The number of hydrogen-bond donors (Lipinski definition) is 0. The normalized spacial score (nSPS) is 10.7. The van der Waals surface area contributed by atoms with E-state index >= 15 is 0 Å². The molecule has 0 heterocycles. The first-order chi connectivity index (χ1) is 16.5. The molecule has 7 nitrogen and oxygen atoms in total. The molecule has 0 aliphatic rings. The van der Waals surface area contributed by atoms with E-state index in [0.29, 0.717) is 29.2 Å². The number of nitrogens with zero attached hydrogens (tertiary/aromatic N) is 1. The summed E-state index contributed by atoms with van der Waals surface area (Å²) in [4.78, 5) is 34.8. The van der Waals surface area contributed by atoms with Crippen LogP contribution in [0.2, 0.25) is 0 Å². The van der Waals surface area contributed by atoms with Crippen molar-refractivity contribution in [2.75, 3.05) is 6.61 Å². The van der Waals surface area contributed by atoms with Crippen molar-refractivity contribution in [2.45, 2.75) is 26.2 Å². The number of nitro benzene ring substituents is 1. The molecule has 0 saturated heterocycles. The first-order valence-corrected chi connectivity index (χ1v) is 11.0. The first kappa shape index (κ1) is 24.4. The molecule has 0 aliphatic carbocycles. The fourth-order valence-electron chi connectivity index (χ4n) is 3.06. The second-order valence-corrected chi connectivity index (χ2v) is 7.54. The second kappa shape index (κ2) is 12.1. The Balaban J connectivity index is 1.53. The van der Waals surface area contributed by atoms with Crippen LogP contribution in [0.15, 0.2) is 78.9 Å². The monoisotopic (exact) mass is 459 g/mol. The smallest absolute Gasteiger partial charge is 0.343 e. The van der Waals surface area contributed by atoms with Gasteiger partial charge in [0, 0.05) is 17.7 Å². The van der Waals surface area contributed by atoms with E-state index in [4.69, 9.17) is 9.47 Å². The Labute approximate surface area is 197 Å². The molecule has 0 N–H and O–H groups in total. The number of nitro groups is 1. The molecule has 0 saturated carbocycles. The van der Waals surface area contributed by atoms with Crippen LogP contribution >= 0.6 is 0 Å². The van der Waals surface area contributed by atoms with E-state index in [0.717, 1.165) is 24.8 Å². The Morgan fingerprint density at radius 3 is 2.09 bits per heavy atom. The van der Waals surface area contributed by atoms with Crippen molar-refractivity contribution in [1.82, 2.24) is 0 Å². The maximum absolute atomic E-state index is 12.4. The van der Waals surface area contributed by atoms with E-state index in [9.17, 15) is 19.7 Å². The van der Waals surface area contributed by atoms with Crippen LogP contribution in [-0.2, 0) is 0 Å². The molecule has 3 aromatic rings. The SMILES string of the molecule is CCCCCOc1ccc(C(=O)Oc2ccc(/C=C/C(=O)c3ccc([N+](=O)[O-])cc3)cc2)cc1. The maximum atomic E-state index is 12.4. The Bertz CT molecular complexity index is 1150. The minimum absolute atomic E-state index is 0.0719. The molecule has 3 rings (SSSR count). The topological polar surface area (TPSA) is 95.7 Å². The predicted octanol–water partition coefficient (Wildman–Crippen LogP) is 6.28. The molecule has 34 heavy (non-hydrogen) atoms. The van der Waals surface area contributed by atoms with Crippen LogP contribution in [0.5, 0.6) is 11.5 Å². The number of carbonyl (C=O) groups excluding carboxylic acids is 2.